The Labute approximate surface area is 154 Å². The number of rotatable bonds is 7. The van der Waals surface area contributed by atoms with Crippen LogP contribution in [0.15, 0.2) is 0 Å². The van der Waals surface area contributed by atoms with Gasteiger partial charge in [-0.1, -0.05) is 53.9 Å². The van der Waals surface area contributed by atoms with Crippen LogP contribution < -0.4 is 5.73 Å². The fourth-order valence-electron chi connectivity index (χ4n) is 2.21. The minimum atomic E-state index is -0.460. The Morgan fingerprint density at radius 2 is 1.44 bits per heavy atom. The van der Waals surface area contributed by atoms with Crippen molar-refractivity contribution >= 4 is 17.6 Å². The summed E-state index contributed by atoms with van der Waals surface area (Å²) in [6.07, 6.45) is 4.50. The van der Waals surface area contributed by atoms with E-state index in [0.29, 0.717) is 0 Å². The number of carbonyl (C=O) groups excluding carboxylic acids is 3. The summed E-state index contributed by atoms with van der Waals surface area (Å²) < 4.78 is 0. The molecule has 2 amide bonds. The number of hydrogen-bond donors (Lipinski definition) is 1. The Morgan fingerprint density at radius 1 is 1.00 bits per heavy atom. The first kappa shape index (κ1) is 25.8. The zero-order valence-corrected chi connectivity index (χ0v) is 17.5. The quantitative estimate of drug-likeness (QED) is 0.758. The Morgan fingerprint density at radius 3 is 1.72 bits per heavy atom. The molecular formula is C19H39N3O3. The number of Topliss-reactive ketones (excluding diaryl/α,β-unsaturated/α-hetero) is 1. The topological polar surface area (TPSA) is 83.7 Å². The molecule has 25 heavy (non-hydrogen) atoms. The summed E-state index contributed by atoms with van der Waals surface area (Å²) in [7, 11) is 3.16. The third-order valence-electron chi connectivity index (χ3n) is 3.74. The van der Waals surface area contributed by atoms with Crippen LogP contribution in [0.3, 0.4) is 0 Å². The maximum absolute atomic E-state index is 12.2. The van der Waals surface area contributed by atoms with Crippen molar-refractivity contribution in [1.29, 1.82) is 0 Å². The summed E-state index contributed by atoms with van der Waals surface area (Å²) in [5, 5.41) is 0. The smallest absolute Gasteiger partial charge is 0.242 e. The molecule has 1 rings (SSSR count). The first-order chi connectivity index (χ1) is 11.6. The normalized spacial score (nSPS) is 14.2. The molecule has 0 aromatic carbocycles. The number of amides is 2. The molecule has 6 heteroatoms. The average Bonchev–Trinajstić information content (AvgIpc) is 3.43. The molecule has 148 valence electrons. The lowest BCUT2D eigenvalue weighted by Crippen LogP contribution is -2.49. The molecule has 2 unspecified atom stereocenters. The third-order valence-corrected chi connectivity index (χ3v) is 3.74. The Kier molecular flexibility index (Phi) is 14.3. The lowest BCUT2D eigenvalue weighted by atomic mass is 9.99. The van der Waals surface area contributed by atoms with Gasteiger partial charge in [-0.15, -0.1) is 0 Å². The fraction of sp³-hybridized carbons (Fsp3) is 0.842. The van der Waals surface area contributed by atoms with Gasteiger partial charge < -0.3 is 15.5 Å². The van der Waals surface area contributed by atoms with Crippen molar-refractivity contribution in [2.75, 3.05) is 27.2 Å². The summed E-state index contributed by atoms with van der Waals surface area (Å²) in [6.45, 7) is 11.2. The van der Waals surface area contributed by atoms with Gasteiger partial charge in [-0.3, -0.25) is 14.4 Å². The van der Waals surface area contributed by atoms with Crippen LogP contribution in [-0.4, -0.2) is 60.6 Å². The Hall–Kier alpha value is -1.43. The van der Waals surface area contributed by atoms with Crippen LogP contribution in [0, 0.1) is 11.8 Å². The summed E-state index contributed by atoms with van der Waals surface area (Å²) in [5.41, 5.74) is 5.44. The first-order valence-electron chi connectivity index (χ1n) is 9.34. The second kappa shape index (κ2) is 13.8. The number of ketones is 1. The van der Waals surface area contributed by atoms with Gasteiger partial charge in [-0.2, -0.15) is 0 Å². The largest absolute Gasteiger partial charge is 0.336 e. The third kappa shape index (κ3) is 10.9. The van der Waals surface area contributed by atoms with Crippen molar-refractivity contribution in [2.45, 2.75) is 66.8 Å². The van der Waals surface area contributed by atoms with Crippen molar-refractivity contribution < 1.29 is 14.4 Å². The molecule has 0 aliphatic heterocycles. The van der Waals surface area contributed by atoms with Gasteiger partial charge in [0, 0.05) is 26.6 Å². The van der Waals surface area contributed by atoms with E-state index in [1.54, 1.807) is 21.0 Å². The zero-order valence-electron chi connectivity index (χ0n) is 17.5. The van der Waals surface area contributed by atoms with Crippen LogP contribution in [0.25, 0.3) is 0 Å². The first-order valence-corrected chi connectivity index (χ1v) is 9.34. The van der Waals surface area contributed by atoms with Gasteiger partial charge in [-0.05, 0) is 12.8 Å². The van der Waals surface area contributed by atoms with E-state index >= 15 is 0 Å². The van der Waals surface area contributed by atoms with Crippen molar-refractivity contribution in [3.05, 3.63) is 0 Å². The van der Waals surface area contributed by atoms with Gasteiger partial charge in [0.05, 0.1) is 12.6 Å². The molecule has 1 fully saturated rings. The second-order valence-corrected chi connectivity index (χ2v) is 6.70. The van der Waals surface area contributed by atoms with Gasteiger partial charge in [0.25, 0.3) is 0 Å². The van der Waals surface area contributed by atoms with Crippen LogP contribution in [0.5, 0.6) is 0 Å². The highest BCUT2D eigenvalue weighted by atomic mass is 16.2. The molecule has 6 nitrogen and oxygen atoms in total. The zero-order chi connectivity index (χ0) is 20.2. The highest BCUT2D eigenvalue weighted by Crippen LogP contribution is 2.15. The van der Waals surface area contributed by atoms with Gasteiger partial charge in [-0.25, -0.2) is 0 Å². The number of carbonyl (C=O) groups is 3. The molecule has 0 bridgehead atoms. The summed E-state index contributed by atoms with van der Waals surface area (Å²) in [4.78, 5) is 38.4. The molecule has 1 aliphatic rings. The lowest BCUT2D eigenvalue weighted by Gasteiger charge is -2.31. The van der Waals surface area contributed by atoms with Gasteiger partial charge in [0.2, 0.25) is 11.8 Å². The molecule has 0 heterocycles. The molecule has 0 saturated heterocycles. The van der Waals surface area contributed by atoms with Crippen LogP contribution in [0.1, 0.15) is 60.8 Å². The molecule has 1 aliphatic carbocycles. The van der Waals surface area contributed by atoms with E-state index in [-0.39, 0.29) is 42.5 Å². The standard InChI is InChI=1S/C14H27N3O3.C3H6.C2H6/c1-9(2)13(11(4)18)17(6)12(19)8-16(5)14(20)10(3)7-15;1-2-3-1;1-2/h9-10,13H,7-8,15H2,1-6H3;1-3H2;1-2H3. The van der Waals surface area contributed by atoms with E-state index in [4.69, 9.17) is 5.73 Å². The molecule has 0 spiro atoms. The predicted molar refractivity (Wildman–Crippen MR) is 103 cm³/mol. The van der Waals surface area contributed by atoms with E-state index < -0.39 is 6.04 Å². The molecule has 2 atom stereocenters. The van der Waals surface area contributed by atoms with Gasteiger partial charge in [0.1, 0.15) is 0 Å². The second-order valence-electron chi connectivity index (χ2n) is 6.70. The predicted octanol–water partition coefficient (Wildman–Crippen LogP) is 2.31. The van der Waals surface area contributed by atoms with Crippen molar-refractivity contribution in [1.82, 2.24) is 9.80 Å². The summed E-state index contributed by atoms with van der Waals surface area (Å²) in [5.74, 6) is -0.755. The van der Waals surface area contributed by atoms with E-state index in [2.05, 4.69) is 0 Å². The SMILES string of the molecule is C1CC1.CC.CC(=O)C(C(C)C)N(C)C(=O)CN(C)C(=O)C(C)CN. The molecule has 0 aromatic heterocycles. The van der Waals surface area contributed by atoms with E-state index in [9.17, 15) is 14.4 Å². The Balaban J connectivity index is 0. The molecule has 0 radical (unpaired) electrons. The highest BCUT2D eigenvalue weighted by molar-refractivity contribution is 5.90. The maximum atomic E-state index is 12.2. The Bertz CT molecular complexity index is 406. The maximum Gasteiger partial charge on any atom is 0.242 e. The summed E-state index contributed by atoms with van der Waals surface area (Å²) >= 11 is 0. The molecular weight excluding hydrogens is 318 g/mol. The molecule has 1 saturated carbocycles. The van der Waals surface area contributed by atoms with E-state index in [1.165, 1.54) is 36.0 Å². The van der Waals surface area contributed by atoms with Crippen molar-refractivity contribution in [3.8, 4) is 0 Å². The number of hydrogen-bond acceptors (Lipinski definition) is 4. The number of nitrogens with two attached hydrogens (primary N) is 1. The van der Waals surface area contributed by atoms with Crippen LogP contribution in [0.2, 0.25) is 0 Å². The van der Waals surface area contributed by atoms with Crippen LogP contribution >= 0.6 is 0 Å². The van der Waals surface area contributed by atoms with Crippen molar-refractivity contribution in [2.24, 2.45) is 17.6 Å². The van der Waals surface area contributed by atoms with E-state index in [1.807, 2.05) is 27.7 Å². The van der Waals surface area contributed by atoms with Crippen LogP contribution in [-0.2, 0) is 14.4 Å². The van der Waals surface area contributed by atoms with Gasteiger partial charge >= 0.3 is 0 Å². The van der Waals surface area contributed by atoms with Gasteiger partial charge in [0.15, 0.2) is 5.78 Å². The van der Waals surface area contributed by atoms with Crippen LogP contribution in [0.4, 0.5) is 0 Å². The number of nitrogens with zero attached hydrogens (tertiary/aromatic N) is 2. The highest BCUT2D eigenvalue weighted by Gasteiger charge is 2.28. The monoisotopic (exact) mass is 357 g/mol. The fourth-order valence-corrected chi connectivity index (χ4v) is 2.21. The van der Waals surface area contributed by atoms with Crippen molar-refractivity contribution in [3.63, 3.8) is 0 Å². The average molecular weight is 358 g/mol. The minimum Gasteiger partial charge on any atom is -0.336 e. The lowest BCUT2D eigenvalue weighted by molar-refractivity contribution is -0.144. The minimum absolute atomic E-state index is 0.0328. The molecule has 2 N–H and O–H groups in total. The molecule has 0 aromatic rings. The summed E-state index contributed by atoms with van der Waals surface area (Å²) in [6, 6.07) is -0.460. The van der Waals surface area contributed by atoms with E-state index in [0.717, 1.165) is 0 Å². The number of likely N-dealkylation sites (N-methyl/N-ethyl adjacent to an activating group) is 2.